The molecule has 0 aromatic carbocycles. The van der Waals surface area contributed by atoms with Crippen molar-refractivity contribution in [3.63, 3.8) is 0 Å². The number of aromatic nitrogens is 1. The Morgan fingerprint density at radius 3 is 2.80 bits per heavy atom. The molecule has 2 unspecified atom stereocenters. The van der Waals surface area contributed by atoms with Crippen LogP contribution in [0.5, 0.6) is 0 Å². The number of halogens is 4. The molecule has 0 spiro atoms. The molecule has 0 aliphatic heterocycles. The van der Waals surface area contributed by atoms with E-state index in [0.29, 0.717) is 16.9 Å². The van der Waals surface area contributed by atoms with Gasteiger partial charge in [0.25, 0.3) is 0 Å². The summed E-state index contributed by atoms with van der Waals surface area (Å²) in [4.78, 5) is 3.84. The molecule has 0 saturated heterocycles. The van der Waals surface area contributed by atoms with Crippen LogP contribution in [0.2, 0.25) is 0 Å². The summed E-state index contributed by atoms with van der Waals surface area (Å²) in [5.41, 5.74) is 5.14. The van der Waals surface area contributed by atoms with Gasteiger partial charge in [0.15, 0.2) is 0 Å². The summed E-state index contributed by atoms with van der Waals surface area (Å²) in [6.07, 6.45) is 0.837. The zero-order valence-electron chi connectivity index (χ0n) is 10.9. The lowest BCUT2D eigenvalue weighted by Gasteiger charge is -2.27. The highest BCUT2D eigenvalue weighted by Gasteiger charge is 2.34. The number of hydrogen-bond donors (Lipinski definition) is 2. The van der Waals surface area contributed by atoms with Gasteiger partial charge in [-0.25, -0.2) is 4.98 Å². The van der Waals surface area contributed by atoms with E-state index >= 15 is 0 Å². The average Bonchev–Trinajstić information content (AvgIpc) is 2.36. The van der Waals surface area contributed by atoms with E-state index in [-0.39, 0.29) is 11.9 Å². The molecule has 1 saturated carbocycles. The highest BCUT2D eigenvalue weighted by molar-refractivity contribution is 9.10. The molecule has 1 aromatic rings. The summed E-state index contributed by atoms with van der Waals surface area (Å²) in [7, 11) is 0. The molecule has 3 nitrogen and oxygen atoms in total. The molecule has 1 heterocycles. The van der Waals surface area contributed by atoms with Crippen LogP contribution in [0.1, 0.15) is 31.2 Å². The van der Waals surface area contributed by atoms with E-state index in [2.05, 4.69) is 26.2 Å². The van der Waals surface area contributed by atoms with Crippen LogP contribution in [0.25, 0.3) is 0 Å². The molecule has 2 atom stereocenters. The van der Waals surface area contributed by atoms with Crippen molar-refractivity contribution in [3.05, 3.63) is 22.3 Å². The topological polar surface area (TPSA) is 50.9 Å². The van der Waals surface area contributed by atoms with Gasteiger partial charge in [-0.05, 0) is 47.2 Å². The van der Waals surface area contributed by atoms with Gasteiger partial charge < -0.3 is 11.1 Å². The molecule has 0 radical (unpaired) electrons. The molecular formula is C13H17BrF3N3. The lowest BCUT2D eigenvalue weighted by molar-refractivity contribution is -0.137. The molecule has 2 rings (SSSR count). The zero-order valence-corrected chi connectivity index (χ0v) is 12.5. The fourth-order valence-corrected chi connectivity index (χ4v) is 2.89. The van der Waals surface area contributed by atoms with Crippen LogP contribution in [0.15, 0.2) is 16.7 Å². The number of hydrogen-bond acceptors (Lipinski definition) is 3. The number of rotatable bonds is 3. The van der Waals surface area contributed by atoms with Crippen LogP contribution in [0.4, 0.5) is 19.0 Å². The number of pyridine rings is 1. The third-order valence-electron chi connectivity index (χ3n) is 3.54. The van der Waals surface area contributed by atoms with Crippen molar-refractivity contribution >= 4 is 21.7 Å². The fraction of sp³-hybridized carbons (Fsp3) is 0.615. The molecule has 1 aromatic heterocycles. The van der Waals surface area contributed by atoms with Crippen molar-refractivity contribution < 1.29 is 13.2 Å². The molecule has 1 fully saturated rings. The fourth-order valence-electron chi connectivity index (χ4n) is 2.56. The molecule has 20 heavy (non-hydrogen) atoms. The summed E-state index contributed by atoms with van der Waals surface area (Å²) in [6, 6.07) is 1.21. The first kappa shape index (κ1) is 15.6. The Hall–Kier alpha value is -0.820. The van der Waals surface area contributed by atoms with Gasteiger partial charge in [-0.1, -0.05) is 6.42 Å². The minimum Gasteiger partial charge on any atom is -0.369 e. The number of alkyl halides is 3. The molecule has 3 N–H and O–H groups in total. The lowest BCUT2D eigenvalue weighted by atomic mass is 9.86. The van der Waals surface area contributed by atoms with Crippen LogP contribution in [0.3, 0.4) is 0 Å². The van der Waals surface area contributed by atoms with Gasteiger partial charge in [-0.15, -0.1) is 0 Å². The Morgan fingerprint density at radius 1 is 1.40 bits per heavy atom. The Labute approximate surface area is 124 Å². The van der Waals surface area contributed by atoms with Crippen molar-refractivity contribution in [2.45, 2.75) is 37.9 Å². The standard InChI is InChI=1S/C13H17BrF3N3/c14-9-5-11(13(15,16)17)12(20-7-9)19-6-8-2-1-3-10(18)4-8/h5,7-8,10H,1-4,6,18H2,(H,19,20). The normalized spacial score (nSPS) is 23.6. The van der Waals surface area contributed by atoms with E-state index < -0.39 is 11.7 Å². The van der Waals surface area contributed by atoms with Crippen molar-refractivity contribution in [1.82, 2.24) is 4.98 Å². The smallest absolute Gasteiger partial charge is 0.369 e. The summed E-state index contributed by atoms with van der Waals surface area (Å²) in [6.45, 7) is 0.478. The Kier molecular flexibility index (Phi) is 4.90. The first-order valence-corrected chi connectivity index (χ1v) is 7.37. The second kappa shape index (κ2) is 6.30. The Balaban J connectivity index is 2.05. The van der Waals surface area contributed by atoms with Gasteiger partial charge in [-0.2, -0.15) is 13.2 Å². The first-order valence-electron chi connectivity index (χ1n) is 6.58. The van der Waals surface area contributed by atoms with Gasteiger partial charge in [0.1, 0.15) is 5.82 Å². The van der Waals surface area contributed by atoms with E-state index in [4.69, 9.17) is 5.73 Å². The van der Waals surface area contributed by atoms with Crippen LogP contribution in [-0.2, 0) is 6.18 Å². The average molecular weight is 352 g/mol. The lowest BCUT2D eigenvalue weighted by Crippen LogP contribution is -2.31. The van der Waals surface area contributed by atoms with Crippen LogP contribution in [0, 0.1) is 5.92 Å². The van der Waals surface area contributed by atoms with E-state index in [0.717, 1.165) is 31.7 Å². The van der Waals surface area contributed by atoms with Crippen molar-refractivity contribution in [3.8, 4) is 0 Å². The van der Waals surface area contributed by atoms with Gasteiger partial charge in [0.2, 0.25) is 0 Å². The first-order chi connectivity index (χ1) is 9.36. The molecular weight excluding hydrogens is 335 g/mol. The van der Waals surface area contributed by atoms with E-state index in [1.54, 1.807) is 0 Å². The molecule has 0 amide bonds. The third kappa shape index (κ3) is 4.09. The summed E-state index contributed by atoms with van der Waals surface area (Å²) >= 11 is 3.02. The summed E-state index contributed by atoms with van der Waals surface area (Å²) in [5.74, 6) is 0.199. The van der Waals surface area contributed by atoms with Crippen molar-refractivity contribution in [1.29, 1.82) is 0 Å². The molecule has 112 valence electrons. The Bertz CT molecular complexity index is 465. The van der Waals surface area contributed by atoms with Crippen LogP contribution >= 0.6 is 15.9 Å². The predicted octanol–water partition coefficient (Wildman–Crippen LogP) is 3.79. The van der Waals surface area contributed by atoms with Gasteiger partial charge in [0.05, 0.1) is 5.56 Å². The van der Waals surface area contributed by atoms with E-state index in [9.17, 15) is 13.2 Å². The van der Waals surface area contributed by atoms with E-state index in [1.807, 2.05) is 0 Å². The number of nitrogens with zero attached hydrogens (tertiary/aromatic N) is 1. The third-order valence-corrected chi connectivity index (χ3v) is 3.97. The second-order valence-electron chi connectivity index (χ2n) is 5.22. The monoisotopic (exact) mass is 351 g/mol. The predicted molar refractivity (Wildman–Crippen MR) is 75.4 cm³/mol. The molecule has 1 aliphatic rings. The SMILES string of the molecule is NC1CCCC(CNc2ncc(Br)cc2C(F)(F)F)C1. The molecule has 7 heteroatoms. The zero-order chi connectivity index (χ0) is 14.8. The minimum atomic E-state index is -4.41. The maximum absolute atomic E-state index is 12.9. The Morgan fingerprint density at radius 2 is 2.15 bits per heavy atom. The molecule has 0 bridgehead atoms. The number of nitrogens with two attached hydrogens (primary N) is 1. The molecule has 1 aliphatic carbocycles. The largest absolute Gasteiger partial charge is 0.419 e. The summed E-state index contributed by atoms with van der Waals surface area (Å²) in [5, 5.41) is 2.83. The van der Waals surface area contributed by atoms with E-state index in [1.165, 1.54) is 6.20 Å². The van der Waals surface area contributed by atoms with Crippen molar-refractivity contribution in [2.75, 3.05) is 11.9 Å². The highest BCUT2D eigenvalue weighted by atomic mass is 79.9. The van der Waals surface area contributed by atoms with Crippen LogP contribution < -0.4 is 11.1 Å². The quantitative estimate of drug-likeness (QED) is 0.870. The van der Waals surface area contributed by atoms with Crippen LogP contribution in [-0.4, -0.2) is 17.6 Å². The highest BCUT2D eigenvalue weighted by Crippen LogP contribution is 2.35. The minimum absolute atomic E-state index is 0.111. The maximum atomic E-state index is 12.9. The second-order valence-corrected chi connectivity index (χ2v) is 6.14. The van der Waals surface area contributed by atoms with Gasteiger partial charge in [0, 0.05) is 23.3 Å². The van der Waals surface area contributed by atoms with Gasteiger partial charge in [-0.3, -0.25) is 0 Å². The maximum Gasteiger partial charge on any atom is 0.419 e. The number of nitrogens with one attached hydrogen (secondary N) is 1. The van der Waals surface area contributed by atoms with Crippen molar-refractivity contribution in [2.24, 2.45) is 11.7 Å². The summed E-state index contributed by atoms with van der Waals surface area (Å²) < 4.78 is 39.1. The van der Waals surface area contributed by atoms with Gasteiger partial charge >= 0.3 is 6.18 Å². The number of anilines is 1.